The lowest BCUT2D eigenvalue weighted by Crippen LogP contribution is -2.28. The van der Waals surface area contributed by atoms with Crippen LogP contribution in [0.15, 0.2) is 253 Å². The topological polar surface area (TPSA) is 16.4 Å². The molecule has 0 N–H and O–H groups in total. The van der Waals surface area contributed by atoms with Gasteiger partial charge in [0, 0.05) is 27.8 Å². The lowest BCUT2D eigenvalue weighted by atomic mass is 9.67. The molecule has 0 amide bonds. The lowest BCUT2D eigenvalue weighted by molar-refractivity contribution is 0.669. The monoisotopic (exact) mass is 833 g/mol. The zero-order valence-electron chi connectivity index (χ0n) is 41.1. The van der Waals surface area contributed by atoms with Crippen LogP contribution in [0.3, 0.4) is 0 Å². The van der Waals surface area contributed by atoms with Crippen LogP contribution in [0.4, 0.5) is 17.1 Å². The molecule has 304 valence electrons. The molecule has 2 nitrogen and oxygen atoms in total. The third-order valence-corrected chi connectivity index (χ3v) is 13.2. The molecule has 0 bridgehead atoms. The van der Waals surface area contributed by atoms with E-state index in [-0.39, 0.29) is 53.1 Å². The first-order valence-electron chi connectivity index (χ1n) is 24.9. The van der Waals surface area contributed by atoms with Crippen LogP contribution >= 0.6 is 0 Å². The van der Waals surface area contributed by atoms with Gasteiger partial charge in [0.1, 0.15) is 11.2 Å². The summed E-state index contributed by atoms with van der Waals surface area (Å²) in [6.07, 6.45) is 0. The van der Waals surface area contributed by atoms with Crippen molar-refractivity contribution in [2.45, 2.75) is 5.41 Å². The fourth-order valence-corrected chi connectivity index (χ4v) is 10.3. The second-order valence-electron chi connectivity index (χ2n) is 16.7. The Morgan fingerprint density at radius 2 is 0.923 bits per heavy atom. The third kappa shape index (κ3) is 5.81. The normalized spacial score (nSPS) is 14.0. The Hall–Kier alpha value is -8.46. The van der Waals surface area contributed by atoms with Crippen molar-refractivity contribution < 1.29 is 12.6 Å². The summed E-state index contributed by atoms with van der Waals surface area (Å²) < 4.78 is 64.5. The number of rotatable bonds is 7. The molecule has 1 heterocycles. The number of furan rings is 1. The van der Waals surface area contributed by atoms with E-state index >= 15 is 0 Å². The van der Waals surface area contributed by atoms with E-state index in [2.05, 4.69) is 97.1 Å². The maximum absolute atomic E-state index is 9.93. The van der Waals surface area contributed by atoms with Crippen LogP contribution < -0.4 is 4.90 Å². The minimum Gasteiger partial charge on any atom is -0.456 e. The van der Waals surface area contributed by atoms with Gasteiger partial charge in [0.15, 0.2) is 0 Å². The molecule has 2 heteroatoms. The Kier molecular flexibility index (Phi) is 7.16. The molecule has 1 aromatic heterocycles. The molecule has 0 saturated heterocycles. The average Bonchev–Trinajstić information content (AvgIpc) is 3.94. The quantitative estimate of drug-likeness (QED) is 0.149. The predicted molar refractivity (Wildman–Crippen MR) is 272 cm³/mol. The molecule has 0 atom stereocenters. The van der Waals surface area contributed by atoms with Crippen molar-refractivity contribution in [2.24, 2.45) is 0 Å². The van der Waals surface area contributed by atoms with Gasteiger partial charge in [-0.15, -0.1) is 0 Å². The molecule has 0 aliphatic heterocycles. The van der Waals surface area contributed by atoms with Gasteiger partial charge in [0.05, 0.1) is 13.6 Å². The van der Waals surface area contributed by atoms with Gasteiger partial charge in [-0.25, -0.2) is 0 Å². The Labute approximate surface area is 386 Å². The number of nitrogens with zero attached hydrogens (tertiary/aromatic N) is 1. The van der Waals surface area contributed by atoms with Crippen molar-refractivity contribution in [1.29, 1.82) is 0 Å². The minimum absolute atomic E-state index is 0.00714. The fraction of sp³-hybridized carbons (Fsp3) is 0.0159. The summed E-state index contributed by atoms with van der Waals surface area (Å²) in [5, 5.41) is 5.83. The van der Waals surface area contributed by atoms with Gasteiger partial charge in [0.25, 0.3) is 0 Å². The molecule has 12 aromatic rings. The number of hydrogen-bond acceptors (Lipinski definition) is 2. The van der Waals surface area contributed by atoms with Crippen molar-refractivity contribution >= 4 is 60.5 Å². The highest BCUT2D eigenvalue weighted by molar-refractivity contribution is 6.14. The summed E-state index contributed by atoms with van der Waals surface area (Å²) in [6.45, 7) is 0. The van der Waals surface area contributed by atoms with Gasteiger partial charge in [-0.1, -0.05) is 194 Å². The van der Waals surface area contributed by atoms with Gasteiger partial charge in [-0.2, -0.15) is 0 Å². The van der Waals surface area contributed by atoms with E-state index in [0.717, 1.165) is 76.8 Å². The molecule has 0 unspecified atom stereocenters. The van der Waals surface area contributed by atoms with Crippen molar-refractivity contribution in [3.63, 3.8) is 0 Å². The van der Waals surface area contributed by atoms with E-state index in [1.54, 1.807) is 6.07 Å². The number of fused-ring (bicyclic) bond motifs is 9. The first-order valence-corrected chi connectivity index (χ1v) is 21.9. The third-order valence-electron chi connectivity index (χ3n) is 13.2. The van der Waals surface area contributed by atoms with E-state index in [0.29, 0.717) is 22.5 Å². The summed E-state index contributed by atoms with van der Waals surface area (Å²) >= 11 is 0. The Morgan fingerprint density at radius 1 is 0.338 bits per heavy atom. The molecular weight excluding hydrogens is 787 g/mol. The van der Waals surface area contributed by atoms with Gasteiger partial charge in [-0.3, -0.25) is 0 Å². The van der Waals surface area contributed by atoms with E-state index in [9.17, 15) is 8.22 Å². The molecule has 0 spiro atoms. The second kappa shape index (κ2) is 14.8. The average molecular weight is 834 g/mol. The Morgan fingerprint density at radius 3 is 1.72 bits per heavy atom. The largest absolute Gasteiger partial charge is 0.456 e. The van der Waals surface area contributed by atoms with E-state index in [1.807, 2.05) is 108 Å². The van der Waals surface area contributed by atoms with Crippen LogP contribution in [0.2, 0.25) is 0 Å². The first-order chi connectivity index (χ1) is 34.7. The van der Waals surface area contributed by atoms with Crippen molar-refractivity contribution in [1.82, 2.24) is 0 Å². The van der Waals surface area contributed by atoms with Crippen molar-refractivity contribution in [3.05, 3.63) is 271 Å². The Bertz CT molecular complexity index is 4080. The maximum Gasteiger partial charge on any atom is 0.135 e. The Balaban J connectivity index is 1.04. The summed E-state index contributed by atoms with van der Waals surface area (Å²) in [5.41, 5.74) is 9.89. The van der Waals surface area contributed by atoms with Crippen LogP contribution in [-0.2, 0) is 5.41 Å². The van der Waals surface area contributed by atoms with E-state index in [1.165, 1.54) is 6.07 Å². The smallest absolute Gasteiger partial charge is 0.135 e. The lowest BCUT2D eigenvalue weighted by Gasteiger charge is -2.35. The van der Waals surface area contributed by atoms with Gasteiger partial charge in [0.2, 0.25) is 0 Å². The van der Waals surface area contributed by atoms with Crippen LogP contribution in [0, 0.1) is 0 Å². The standard InChI is InChI=1S/C63H41NO/c1-3-16-46(17-4-1)63(47-18-5-2-6-19-47)59-25-13-11-23-54(59)55-37-35-50(41-60(55)63)64(49-36-38-62-58(40-49)56-24-12-14-26-61(56)65-62)48-33-31-43(32-34-48)42-27-29-44(30-28-42)57-39-45-15-7-8-20-51(45)52-21-9-10-22-53(52)57/h1-41H/i27D,30D,31D,32D,33D,34D. The van der Waals surface area contributed by atoms with E-state index in [4.69, 9.17) is 4.42 Å². The first kappa shape index (κ1) is 31.4. The zero-order chi connectivity index (χ0) is 48.1. The van der Waals surface area contributed by atoms with E-state index < -0.39 is 5.41 Å². The number of benzene rings is 11. The highest BCUT2D eigenvalue weighted by Crippen LogP contribution is 2.57. The van der Waals surface area contributed by atoms with Crippen molar-refractivity contribution in [3.8, 4) is 33.4 Å². The summed E-state index contributed by atoms with van der Waals surface area (Å²) in [4.78, 5) is 1.83. The maximum atomic E-state index is 9.93. The summed E-state index contributed by atoms with van der Waals surface area (Å²) in [6, 6.07) is 69.7. The second-order valence-corrected chi connectivity index (χ2v) is 16.7. The molecule has 1 aliphatic carbocycles. The van der Waals surface area contributed by atoms with Gasteiger partial charge >= 0.3 is 0 Å². The SMILES string of the molecule is [2H]c1cc(-c2cc3ccccc3c3ccccc23)c([2H])cc1-c1c([2H])c([2H])c(N(c2ccc3c(c2)C(c2ccccc2)(c2ccccc2)c2ccccc2-3)c2ccc3oc4ccccc4c3c2)c([2H])c1[2H]. The molecule has 0 fully saturated rings. The summed E-state index contributed by atoms with van der Waals surface area (Å²) in [7, 11) is 0. The van der Waals surface area contributed by atoms with Crippen LogP contribution in [0.5, 0.6) is 0 Å². The molecule has 13 rings (SSSR count). The van der Waals surface area contributed by atoms with Gasteiger partial charge < -0.3 is 9.32 Å². The van der Waals surface area contributed by atoms with Gasteiger partial charge in [-0.05, 0) is 132 Å². The number of anilines is 3. The van der Waals surface area contributed by atoms with Crippen LogP contribution in [-0.4, -0.2) is 0 Å². The number of hydrogen-bond donors (Lipinski definition) is 0. The fourth-order valence-electron chi connectivity index (χ4n) is 10.3. The van der Waals surface area contributed by atoms with Crippen molar-refractivity contribution in [2.75, 3.05) is 4.90 Å². The van der Waals surface area contributed by atoms with Crippen LogP contribution in [0.25, 0.3) is 76.9 Å². The minimum atomic E-state index is -0.747. The molecule has 11 aromatic carbocycles. The molecular formula is C63H41NO. The number of para-hydroxylation sites is 1. The predicted octanol–water partition coefficient (Wildman–Crippen LogP) is 17.1. The van der Waals surface area contributed by atoms with Crippen LogP contribution in [0.1, 0.15) is 30.5 Å². The molecule has 0 saturated carbocycles. The molecule has 0 radical (unpaired) electrons. The highest BCUT2D eigenvalue weighted by Gasteiger charge is 2.46. The summed E-state index contributed by atoms with van der Waals surface area (Å²) in [5.74, 6) is 0. The molecule has 1 aliphatic rings. The highest BCUT2D eigenvalue weighted by atomic mass is 16.3. The zero-order valence-corrected chi connectivity index (χ0v) is 35.1. The molecule has 65 heavy (non-hydrogen) atoms.